The molecule has 0 saturated carbocycles. The molecule has 1 nitrogen and oxygen atoms in total. The predicted octanol–water partition coefficient (Wildman–Crippen LogP) is -0.638. The Kier molecular flexibility index (Phi) is 4.38. The molecule has 0 amide bonds. The Morgan fingerprint density at radius 3 is 2.71 bits per heavy atom. The van der Waals surface area contributed by atoms with Crippen LogP contribution in [-0.4, -0.2) is 20.2 Å². The molecule has 3 heteroatoms. The molecule has 0 aromatic heterocycles. The van der Waals surface area contributed by atoms with Crippen LogP contribution in [-0.2, 0) is 4.12 Å². The monoisotopic (exact) mass is 132 g/mol. The smallest absolute Gasteiger partial charge is 0.152 e. The lowest BCUT2D eigenvalue weighted by Crippen LogP contribution is -1.98. The van der Waals surface area contributed by atoms with Crippen LogP contribution in [0.4, 0.5) is 0 Å². The van der Waals surface area contributed by atoms with Gasteiger partial charge in [0, 0.05) is 0 Å². The molecule has 0 rings (SSSR count). The van der Waals surface area contributed by atoms with Crippen molar-refractivity contribution in [2.45, 2.75) is 12.5 Å². The van der Waals surface area contributed by atoms with Crippen LogP contribution in [0.5, 0.6) is 0 Å². The number of allylic oxidation sites excluding steroid dienone is 1. The summed E-state index contributed by atoms with van der Waals surface area (Å²) in [5.41, 5.74) is 0.664. The summed E-state index contributed by atoms with van der Waals surface area (Å²) in [6, 6.07) is 0. The molecule has 0 aliphatic rings. The van der Waals surface area contributed by atoms with Crippen molar-refractivity contribution in [3.63, 3.8) is 0 Å². The quantitative estimate of drug-likeness (QED) is 0.367. The van der Waals surface area contributed by atoms with Crippen molar-refractivity contribution in [2.24, 2.45) is 0 Å². The average molecular weight is 132 g/mol. The zero-order valence-electron chi connectivity index (χ0n) is 4.98. The Morgan fingerprint density at radius 2 is 2.57 bits per heavy atom. The molecular weight excluding hydrogens is 120 g/mol. The highest BCUT2D eigenvalue weighted by molar-refractivity contribution is 6.36. The van der Waals surface area contributed by atoms with Crippen LogP contribution >= 0.6 is 0 Å². The molecule has 0 fully saturated rings. The Bertz CT molecular complexity index is 55.7. The highest BCUT2D eigenvalue weighted by Gasteiger charge is 1.91. The second-order valence-electron chi connectivity index (χ2n) is 1.67. The summed E-state index contributed by atoms with van der Waals surface area (Å²) in [6.07, 6.45) is 1.96. The largest absolute Gasteiger partial charge is 0.468 e. The van der Waals surface area contributed by atoms with Gasteiger partial charge in [-0.2, -0.15) is 0 Å². The van der Waals surface area contributed by atoms with Crippen molar-refractivity contribution in [2.75, 3.05) is 0 Å². The summed E-state index contributed by atoms with van der Waals surface area (Å²) in [4.78, 5) is 0. The first-order chi connectivity index (χ1) is 3.31. The van der Waals surface area contributed by atoms with Crippen LogP contribution in [0.2, 0.25) is 5.54 Å². The summed E-state index contributed by atoms with van der Waals surface area (Å²) in [5.74, 6) is 0. The number of rotatable bonds is 3. The van der Waals surface area contributed by atoms with Crippen LogP contribution in [0.25, 0.3) is 0 Å². The molecule has 0 aromatic rings. The van der Waals surface area contributed by atoms with Gasteiger partial charge >= 0.3 is 0 Å². The molecule has 0 aliphatic heterocycles. The van der Waals surface area contributed by atoms with Gasteiger partial charge in [0.05, 0.1) is 0 Å². The molecule has 1 atom stereocenters. The highest BCUT2D eigenvalue weighted by atomic mass is 28.3. The number of hydrogen-bond donors (Lipinski definition) is 0. The molecular formula is C4H12OSi2. The van der Waals surface area contributed by atoms with E-state index in [1.807, 2.05) is 6.08 Å². The summed E-state index contributed by atoms with van der Waals surface area (Å²) in [5, 5.41) is 0. The molecule has 0 radical (unpaired) electrons. The fourth-order valence-electron chi connectivity index (χ4n) is 0.331. The molecule has 7 heavy (non-hydrogen) atoms. The third kappa shape index (κ3) is 3.98. The molecule has 0 saturated heterocycles. The first kappa shape index (κ1) is 7.13. The van der Waals surface area contributed by atoms with E-state index in [4.69, 9.17) is 4.12 Å². The van der Waals surface area contributed by atoms with Crippen LogP contribution in [0, 0.1) is 0 Å². The SMILES string of the molecule is C=CC(C)[SiH2]O[SiH3]. The van der Waals surface area contributed by atoms with Gasteiger partial charge in [0.2, 0.25) is 0 Å². The Hall–Kier alpha value is 0.134. The van der Waals surface area contributed by atoms with Crippen LogP contribution in [0.15, 0.2) is 12.7 Å². The lowest BCUT2D eigenvalue weighted by Gasteiger charge is -1.99. The van der Waals surface area contributed by atoms with Gasteiger partial charge in [-0.05, 0) is 5.54 Å². The topological polar surface area (TPSA) is 9.23 Å². The zero-order chi connectivity index (χ0) is 5.70. The summed E-state index contributed by atoms with van der Waals surface area (Å²) in [6.45, 7) is 5.80. The van der Waals surface area contributed by atoms with Crippen molar-refractivity contribution in [3.8, 4) is 0 Å². The molecule has 0 aromatic carbocycles. The lowest BCUT2D eigenvalue weighted by atomic mass is 10.5. The van der Waals surface area contributed by atoms with E-state index >= 15 is 0 Å². The summed E-state index contributed by atoms with van der Waals surface area (Å²) in [7, 11) is 0.695. The van der Waals surface area contributed by atoms with Gasteiger partial charge in [0.15, 0.2) is 9.76 Å². The van der Waals surface area contributed by atoms with Gasteiger partial charge in [0.1, 0.15) is 10.5 Å². The Balaban J connectivity index is 2.98. The molecule has 0 aliphatic carbocycles. The van der Waals surface area contributed by atoms with E-state index in [9.17, 15) is 0 Å². The van der Waals surface area contributed by atoms with E-state index in [0.717, 1.165) is 10.5 Å². The standard InChI is InChI=1S/C4H12OSi2/c1-3-4(2)7-5-6/h3-4H,1,7H2,2,6H3. The lowest BCUT2D eigenvalue weighted by molar-refractivity contribution is 0.652. The third-order valence-corrected chi connectivity index (χ3v) is 3.02. The van der Waals surface area contributed by atoms with Gasteiger partial charge in [-0.15, -0.1) is 6.58 Å². The maximum absolute atomic E-state index is 5.10. The molecule has 0 heterocycles. The fraction of sp³-hybridized carbons (Fsp3) is 0.500. The van der Waals surface area contributed by atoms with Crippen molar-refractivity contribution in [3.05, 3.63) is 12.7 Å². The highest BCUT2D eigenvalue weighted by Crippen LogP contribution is 1.98. The average Bonchev–Trinajstić information content (AvgIpc) is 1.68. The summed E-state index contributed by atoms with van der Waals surface area (Å²) >= 11 is 0. The van der Waals surface area contributed by atoms with Crippen molar-refractivity contribution in [1.82, 2.24) is 0 Å². The minimum atomic E-state index is -0.210. The summed E-state index contributed by atoms with van der Waals surface area (Å²) < 4.78 is 5.10. The molecule has 1 unspecified atom stereocenters. The van der Waals surface area contributed by atoms with Crippen LogP contribution in [0.1, 0.15) is 6.92 Å². The Morgan fingerprint density at radius 1 is 2.00 bits per heavy atom. The van der Waals surface area contributed by atoms with Gasteiger partial charge in [-0.3, -0.25) is 0 Å². The molecule has 42 valence electrons. The van der Waals surface area contributed by atoms with Gasteiger partial charge < -0.3 is 4.12 Å². The minimum absolute atomic E-state index is 0.210. The van der Waals surface area contributed by atoms with Gasteiger partial charge in [0.25, 0.3) is 0 Å². The maximum atomic E-state index is 5.10. The number of hydrogen-bond acceptors (Lipinski definition) is 1. The van der Waals surface area contributed by atoms with E-state index in [0.29, 0.717) is 5.54 Å². The van der Waals surface area contributed by atoms with Crippen molar-refractivity contribution in [1.29, 1.82) is 0 Å². The van der Waals surface area contributed by atoms with E-state index < -0.39 is 0 Å². The maximum Gasteiger partial charge on any atom is 0.152 e. The second-order valence-corrected chi connectivity index (χ2v) is 5.60. The third-order valence-electron chi connectivity index (χ3n) is 0.832. The van der Waals surface area contributed by atoms with Gasteiger partial charge in [-0.1, -0.05) is 13.0 Å². The zero-order valence-corrected chi connectivity index (χ0v) is 8.39. The van der Waals surface area contributed by atoms with E-state index in [1.54, 1.807) is 0 Å². The first-order valence-electron chi connectivity index (χ1n) is 2.42. The predicted molar refractivity (Wildman–Crippen MR) is 39.2 cm³/mol. The van der Waals surface area contributed by atoms with Crippen molar-refractivity contribution >= 4 is 20.2 Å². The molecule has 0 N–H and O–H groups in total. The second kappa shape index (κ2) is 4.30. The van der Waals surface area contributed by atoms with Crippen LogP contribution in [0.3, 0.4) is 0 Å². The minimum Gasteiger partial charge on any atom is -0.468 e. The van der Waals surface area contributed by atoms with E-state index in [-0.39, 0.29) is 9.76 Å². The van der Waals surface area contributed by atoms with Gasteiger partial charge in [-0.25, -0.2) is 0 Å². The fourth-order valence-corrected chi connectivity index (χ4v) is 2.57. The molecule has 0 bridgehead atoms. The normalized spacial score (nSPS) is 15.6. The Labute approximate surface area is 50.3 Å². The first-order valence-corrected chi connectivity index (χ1v) is 4.63. The molecule has 0 spiro atoms. The van der Waals surface area contributed by atoms with Crippen molar-refractivity contribution < 1.29 is 4.12 Å². The van der Waals surface area contributed by atoms with E-state index in [1.165, 1.54) is 0 Å². The van der Waals surface area contributed by atoms with Crippen LogP contribution < -0.4 is 0 Å². The van der Waals surface area contributed by atoms with E-state index in [2.05, 4.69) is 13.5 Å².